The number of methoxy groups -OCH3 is 1. The van der Waals surface area contributed by atoms with E-state index in [1.807, 2.05) is 78.9 Å². The fourth-order valence-corrected chi connectivity index (χ4v) is 3.50. The van der Waals surface area contributed by atoms with Gasteiger partial charge in [0, 0.05) is 34.8 Å². The van der Waals surface area contributed by atoms with E-state index in [0.29, 0.717) is 12.1 Å². The lowest BCUT2D eigenvalue weighted by Crippen LogP contribution is -2.28. The van der Waals surface area contributed by atoms with Crippen LogP contribution in [-0.2, 0) is 6.54 Å². The molecule has 0 amide bonds. The van der Waals surface area contributed by atoms with E-state index >= 15 is 0 Å². The van der Waals surface area contributed by atoms with Crippen LogP contribution in [-0.4, -0.2) is 17.9 Å². The first-order chi connectivity index (χ1) is 13.8. The maximum atomic E-state index is 13.5. The Kier molecular flexibility index (Phi) is 5.22. The van der Waals surface area contributed by atoms with Crippen LogP contribution in [0.2, 0.25) is 0 Å². The number of nitrogens with one attached hydrogen (secondary N) is 2. The van der Waals surface area contributed by atoms with Gasteiger partial charge >= 0.3 is 0 Å². The molecule has 0 aliphatic rings. The number of aromatic amines is 1. The number of hydrogen-bond acceptors (Lipinski definition) is 3. The Balaban J connectivity index is 1.67. The lowest BCUT2D eigenvalue weighted by Gasteiger charge is -2.19. The predicted octanol–water partition coefficient (Wildman–Crippen LogP) is 4.89. The number of ether oxygens (including phenoxy) is 1. The van der Waals surface area contributed by atoms with Crippen LogP contribution in [0.4, 0.5) is 0 Å². The molecule has 0 fully saturated rings. The highest BCUT2D eigenvalue weighted by Crippen LogP contribution is 2.26. The Morgan fingerprint density at radius 1 is 0.964 bits per heavy atom. The van der Waals surface area contributed by atoms with Gasteiger partial charge in [-0.25, -0.2) is 0 Å². The molecule has 140 valence electrons. The maximum Gasteiger partial charge on any atom is 0.186 e. The van der Waals surface area contributed by atoms with Gasteiger partial charge in [0.05, 0.1) is 13.2 Å². The van der Waals surface area contributed by atoms with Crippen molar-refractivity contribution in [3.8, 4) is 5.75 Å². The summed E-state index contributed by atoms with van der Waals surface area (Å²) in [5.41, 5.74) is 3.60. The first-order valence-electron chi connectivity index (χ1n) is 9.28. The van der Waals surface area contributed by atoms with Gasteiger partial charge in [0.15, 0.2) is 5.78 Å². The quantitative estimate of drug-likeness (QED) is 0.455. The van der Waals surface area contributed by atoms with Crippen LogP contribution in [0.1, 0.15) is 27.5 Å². The zero-order valence-electron chi connectivity index (χ0n) is 15.7. The molecule has 4 heteroatoms. The summed E-state index contributed by atoms with van der Waals surface area (Å²) in [4.78, 5) is 16.7. The number of rotatable bonds is 7. The molecule has 4 aromatic rings. The number of H-pyrrole nitrogens is 1. The van der Waals surface area contributed by atoms with E-state index in [-0.39, 0.29) is 5.78 Å². The van der Waals surface area contributed by atoms with Gasteiger partial charge in [0.1, 0.15) is 5.75 Å². The average Bonchev–Trinajstić information content (AvgIpc) is 3.19. The van der Waals surface area contributed by atoms with Gasteiger partial charge in [-0.15, -0.1) is 0 Å². The summed E-state index contributed by atoms with van der Waals surface area (Å²) in [7, 11) is 1.66. The van der Waals surface area contributed by atoms with Crippen molar-refractivity contribution < 1.29 is 9.53 Å². The van der Waals surface area contributed by atoms with Crippen LogP contribution in [0.3, 0.4) is 0 Å². The van der Waals surface area contributed by atoms with Crippen molar-refractivity contribution in [3.63, 3.8) is 0 Å². The molecule has 1 aromatic heterocycles. The van der Waals surface area contributed by atoms with Gasteiger partial charge in [-0.2, -0.15) is 0 Å². The lowest BCUT2D eigenvalue weighted by molar-refractivity contribution is 0.0943. The number of aromatic nitrogens is 1. The number of hydrogen-bond donors (Lipinski definition) is 2. The first kappa shape index (κ1) is 18.0. The highest BCUT2D eigenvalue weighted by atomic mass is 16.5. The Morgan fingerprint density at radius 2 is 1.68 bits per heavy atom. The highest BCUT2D eigenvalue weighted by Gasteiger charge is 2.24. The Hall–Kier alpha value is -3.37. The minimum atomic E-state index is -0.453. The highest BCUT2D eigenvalue weighted by molar-refractivity contribution is 6.10. The number of para-hydroxylation sites is 2. The summed E-state index contributed by atoms with van der Waals surface area (Å²) in [5.74, 6) is 0.847. The normalized spacial score (nSPS) is 12.0. The SMILES string of the molecule is COc1ccccc1CN[C@@H](C(=O)c1c[nH]c2ccccc12)c1ccccc1. The lowest BCUT2D eigenvalue weighted by atomic mass is 9.96. The van der Waals surface area contributed by atoms with Crippen LogP contribution in [0.15, 0.2) is 85.1 Å². The first-order valence-corrected chi connectivity index (χ1v) is 9.28. The number of ketones is 1. The summed E-state index contributed by atoms with van der Waals surface area (Å²) in [6, 6.07) is 25.1. The topological polar surface area (TPSA) is 54.1 Å². The summed E-state index contributed by atoms with van der Waals surface area (Å²) in [6.45, 7) is 0.525. The smallest absolute Gasteiger partial charge is 0.186 e. The van der Waals surface area contributed by atoms with Crippen LogP contribution in [0.25, 0.3) is 10.9 Å². The van der Waals surface area contributed by atoms with Gasteiger partial charge in [-0.05, 0) is 17.7 Å². The van der Waals surface area contributed by atoms with Crippen LogP contribution in [0.5, 0.6) is 5.75 Å². The van der Waals surface area contributed by atoms with Gasteiger partial charge in [-0.3, -0.25) is 10.1 Å². The third kappa shape index (κ3) is 3.55. The summed E-state index contributed by atoms with van der Waals surface area (Å²) in [5, 5.41) is 4.37. The molecule has 3 aromatic carbocycles. The minimum absolute atomic E-state index is 0.0403. The van der Waals surface area contributed by atoms with Crippen molar-refractivity contribution in [3.05, 3.63) is 102 Å². The molecule has 1 heterocycles. The second-order valence-corrected chi connectivity index (χ2v) is 6.65. The number of carbonyl (C=O) groups excluding carboxylic acids is 1. The van der Waals surface area contributed by atoms with Crippen molar-refractivity contribution in [1.82, 2.24) is 10.3 Å². The van der Waals surface area contributed by atoms with E-state index < -0.39 is 6.04 Å². The molecule has 0 radical (unpaired) electrons. The van der Waals surface area contributed by atoms with Gasteiger partial charge in [0.2, 0.25) is 0 Å². The van der Waals surface area contributed by atoms with E-state index in [9.17, 15) is 4.79 Å². The minimum Gasteiger partial charge on any atom is -0.496 e. The van der Waals surface area contributed by atoms with E-state index in [1.165, 1.54) is 0 Å². The molecular weight excluding hydrogens is 348 g/mol. The third-order valence-corrected chi connectivity index (χ3v) is 4.94. The fourth-order valence-electron chi connectivity index (χ4n) is 3.50. The zero-order valence-corrected chi connectivity index (χ0v) is 15.7. The number of Topliss-reactive ketones (excluding diaryl/α,β-unsaturated/α-hetero) is 1. The average molecular weight is 370 g/mol. The fraction of sp³-hybridized carbons (Fsp3) is 0.125. The van der Waals surface area contributed by atoms with Crippen molar-refractivity contribution >= 4 is 16.7 Å². The molecule has 0 saturated carbocycles. The molecule has 0 bridgehead atoms. The predicted molar refractivity (Wildman–Crippen MR) is 112 cm³/mol. The summed E-state index contributed by atoms with van der Waals surface area (Å²) < 4.78 is 5.44. The van der Waals surface area contributed by atoms with Gasteiger partial charge in [-0.1, -0.05) is 66.7 Å². The van der Waals surface area contributed by atoms with Crippen LogP contribution < -0.4 is 10.1 Å². The second kappa shape index (κ2) is 8.11. The van der Waals surface area contributed by atoms with Crippen molar-refractivity contribution in [2.24, 2.45) is 0 Å². The number of carbonyl (C=O) groups is 1. The Bertz CT molecular complexity index is 1090. The van der Waals surface area contributed by atoms with Crippen LogP contribution in [0, 0.1) is 0 Å². The summed E-state index contributed by atoms with van der Waals surface area (Å²) >= 11 is 0. The molecule has 1 atom stereocenters. The van der Waals surface area contributed by atoms with Crippen molar-refractivity contribution in [2.75, 3.05) is 7.11 Å². The number of fused-ring (bicyclic) bond motifs is 1. The van der Waals surface area contributed by atoms with Gasteiger partial charge < -0.3 is 9.72 Å². The molecule has 0 unspecified atom stereocenters. The molecule has 0 aliphatic carbocycles. The Morgan fingerprint density at radius 3 is 2.50 bits per heavy atom. The molecule has 2 N–H and O–H groups in total. The maximum absolute atomic E-state index is 13.5. The van der Waals surface area contributed by atoms with E-state index in [0.717, 1.165) is 27.8 Å². The largest absolute Gasteiger partial charge is 0.496 e. The van der Waals surface area contributed by atoms with E-state index in [2.05, 4.69) is 10.3 Å². The second-order valence-electron chi connectivity index (χ2n) is 6.65. The van der Waals surface area contributed by atoms with Crippen LogP contribution >= 0.6 is 0 Å². The Labute approximate surface area is 164 Å². The molecule has 28 heavy (non-hydrogen) atoms. The molecule has 0 spiro atoms. The van der Waals surface area contributed by atoms with Crippen molar-refractivity contribution in [1.29, 1.82) is 0 Å². The molecule has 0 aliphatic heterocycles. The zero-order chi connectivity index (χ0) is 19.3. The van der Waals surface area contributed by atoms with Crippen molar-refractivity contribution in [2.45, 2.75) is 12.6 Å². The number of benzene rings is 3. The monoisotopic (exact) mass is 370 g/mol. The molecule has 0 saturated heterocycles. The molecule has 4 rings (SSSR count). The molecular formula is C24H22N2O2. The molecule has 4 nitrogen and oxygen atoms in total. The summed E-state index contributed by atoms with van der Waals surface area (Å²) in [6.07, 6.45) is 1.80. The van der Waals surface area contributed by atoms with E-state index in [4.69, 9.17) is 4.74 Å². The van der Waals surface area contributed by atoms with E-state index in [1.54, 1.807) is 13.3 Å². The third-order valence-electron chi connectivity index (χ3n) is 4.94. The standard InChI is InChI=1S/C24H22N2O2/c1-28-22-14-8-5-11-18(22)15-26-23(17-9-3-2-4-10-17)24(27)20-16-25-21-13-7-6-12-19(20)21/h2-14,16,23,25-26H,15H2,1H3/t23-/m1/s1. The van der Waals surface area contributed by atoms with Gasteiger partial charge in [0.25, 0.3) is 0 Å².